The predicted molar refractivity (Wildman–Crippen MR) is 115 cm³/mol. The highest BCUT2D eigenvalue weighted by Gasteiger charge is 2.30. The van der Waals surface area contributed by atoms with E-state index < -0.39 is 17.6 Å². The second-order valence-electron chi connectivity index (χ2n) is 6.84. The third kappa shape index (κ3) is 6.80. The summed E-state index contributed by atoms with van der Waals surface area (Å²) < 4.78 is 63.1. The summed E-state index contributed by atoms with van der Waals surface area (Å²) in [7, 11) is 0. The molecule has 0 aliphatic heterocycles. The summed E-state index contributed by atoms with van der Waals surface area (Å²) in [6.45, 7) is 2.30. The highest BCUT2D eigenvalue weighted by Crippen LogP contribution is 2.30. The van der Waals surface area contributed by atoms with Gasteiger partial charge >= 0.3 is 6.18 Å². The summed E-state index contributed by atoms with van der Waals surface area (Å²) in [5.74, 6) is -0.286. The van der Waals surface area contributed by atoms with E-state index in [0.717, 1.165) is 18.2 Å². The molecule has 0 spiro atoms. The monoisotopic (exact) mass is 460 g/mol. The van der Waals surface area contributed by atoms with Crippen LogP contribution in [0, 0.1) is 5.82 Å². The molecule has 0 aromatic heterocycles. The Morgan fingerprint density at radius 1 is 1.00 bits per heavy atom. The number of amides is 1. The summed E-state index contributed by atoms with van der Waals surface area (Å²) in [6, 6.07) is 15.0. The van der Waals surface area contributed by atoms with E-state index in [1.54, 1.807) is 37.3 Å². The Kier molecular flexibility index (Phi) is 7.66. The SMILES string of the molecule is CCOc1cc(/C=N\NC(=O)c2cccc(C(F)(F)F)c2)ccc1OCc1cccc(F)c1. The van der Waals surface area contributed by atoms with Crippen LogP contribution in [0.1, 0.15) is 34.0 Å². The van der Waals surface area contributed by atoms with Crippen molar-refractivity contribution in [2.45, 2.75) is 19.7 Å². The third-order valence-electron chi connectivity index (χ3n) is 4.38. The Bertz CT molecular complexity index is 1150. The quantitative estimate of drug-likeness (QED) is 0.271. The number of hydrazone groups is 1. The molecule has 0 aliphatic rings. The fraction of sp³-hybridized carbons (Fsp3) is 0.167. The van der Waals surface area contributed by atoms with Crippen molar-refractivity contribution in [1.82, 2.24) is 5.43 Å². The molecule has 0 saturated heterocycles. The van der Waals surface area contributed by atoms with Gasteiger partial charge in [-0.3, -0.25) is 4.79 Å². The van der Waals surface area contributed by atoms with Gasteiger partial charge in [0.05, 0.1) is 18.4 Å². The second-order valence-corrected chi connectivity index (χ2v) is 6.84. The number of rotatable bonds is 8. The van der Waals surface area contributed by atoms with Crippen LogP contribution in [0.2, 0.25) is 0 Å². The zero-order chi connectivity index (χ0) is 23.8. The van der Waals surface area contributed by atoms with E-state index in [1.165, 1.54) is 24.4 Å². The molecule has 0 fully saturated rings. The van der Waals surface area contributed by atoms with E-state index in [-0.39, 0.29) is 18.0 Å². The van der Waals surface area contributed by atoms with E-state index >= 15 is 0 Å². The molecule has 3 aromatic carbocycles. The lowest BCUT2D eigenvalue weighted by atomic mass is 10.1. The van der Waals surface area contributed by atoms with Gasteiger partial charge in [0.2, 0.25) is 0 Å². The van der Waals surface area contributed by atoms with Crippen molar-refractivity contribution in [3.05, 3.63) is 94.8 Å². The topological polar surface area (TPSA) is 59.9 Å². The Labute approximate surface area is 187 Å². The van der Waals surface area contributed by atoms with Crippen molar-refractivity contribution < 1.29 is 31.8 Å². The van der Waals surface area contributed by atoms with E-state index in [9.17, 15) is 22.4 Å². The number of carbonyl (C=O) groups excluding carboxylic acids is 1. The number of alkyl halides is 3. The third-order valence-corrected chi connectivity index (χ3v) is 4.38. The summed E-state index contributed by atoms with van der Waals surface area (Å²) in [6.07, 6.45) is -3.22. The molecule has 5 nitrogen and oxygen atoms in total. The lowest BCUT2D eigenvalue weighted by Crippen LogP contribution is -2.18. The van der Waals surface area contributed by atoms with Crippen LogP contribution in [0.15, 0.2) is 71.8 Å². The minimum atomic E-state index is -4.55. The highest BCUT2D eigenvalue weighted by atomic mass is 19.4. The Morgan fingerprint density at radius 3 is 2.52 bits per heavy atom. The van der Waals surface area contributed by atoms with Gasteiger partial charge in [0, 0.05) is 5.56 Å². The van der Waals surface area contributed by atoms with Crippen molar-refractivity contribution in [2.24, 2.45) is 5.10 Å². The van der Waals surface area contributed by atoms with Gasteiger partial charge in [-0.25, -0.2) is 9.82 Å². The first-order valence-electron chi connectivity index (χ1n) is 9.91. The average Bonchev–Trinajstić information content (AvgIpc) is 2.78. The molecule has 0 aliphatic carbocycles. The van der Waals surface area contributed by atoms with Crippen molar-refractivity contribution in [2.75, 3.05) is 6.61 Å². The molecular formula is C24H20F4N2O3. The highest BCUT2D eigenvalue weighted by molar-refractivity contribution is 5.95. The van der Waals surface area contributed by atoms with E-state index in [1.807, 2.05) is 0 Å². The average molecular weight is 460 g/mol. The minimum Gasteiger partial charge on any atom is -0.490 e. The van der Waals surface area contributed by atoms with Gasteiger partial charge in [-0.05, 0) is 66.6 Å². The maximum absolute atomic E-state index is 13.3. The summed E-state index contributed by atoms with van der Waals surface area (Å²) in [5, 5.41) is 3.80. The molecule has 9 heteroatoms. The first-order valence-corrected chi connectivity index (χ1v) is 9.91. The zero-order valence-electron chi connectivity index (χ0n) is 17.5. The molecular weight excluding hydrogens is 440 g/mol. The van der Waals surface area contributed by atoms with Crippen LogP contribution in [0.3, 0.4) is 0 Å². The number of benzene rings is 3. The van der Waals surface area contributed by atoms with Gasteiger partial charge in [-0.2, -0.15) is 18.3 Å². The van der Waals surface area contributed by atoms with Crippen LogP contribution in [-0.4, -0.2) is 18.7 Å². The first-order chi connectivity index (χ1) is 15.8. The second kappa shape index (κ2) is 10.6. The smallest absolute Gasteiger partial charge is 0.416 e. The predicted octanol–water partition coefficient (Wildman–Crippen LogP) is 5.59. The van der Waals surface area contributed by atoms with Crippen molar-refractivity contribution in [3.8, 4) is 11.5 Å². The molecule has 0 bridgehead atoms. The largest absolute Gasteiger partial charge is 0.490 e. The molecule has 0 heterocycles. The van der Waals surface area contributed by atoms with Crippen LogP contribution in [0.5, 0.6) is 11.5 Å². The van der Waals surface area contributed by atoms with Gasteiger partial charge in [-0.15, -0.1) is 0 Å². The Morgan fingerprint density at radius 2 is 1.79 bits per heavy atom. The van der Waals surface area contributed by atoms with Gasteiger partial charge in [0.15, 0.2) is 11.5 Å². The number of nitrogens with zero attached hydrogens (tertiary/aromatic N) is 1. The van der Waals surface area contributed by atoms with E-state index in [0.29, 0.717) is 29.2 Å². The summed E-state index contributed by atoms with van der Waals surface area (Å²) in [5.41, 5.74) is 2.32. The van der Waals surface area contributed by atoms with Gasteiger partial charge in [0.25, 0.3) is 5.91 Å². The molecule has 0 atom stereocenters. The molecule has 0 radical (unpaired) electrons. The maximum Gasteiger partial charge on any atom is 0.416 e. The van der Waals surface area contributed by atoms with Crippen LogP contribution >= 0.6 is 0 Å². The number of nitrogens with one attached hydrogen (secondary N) is 1. The van der Waals surface area contributed by atoms with Gasteiger partial charge in [0.1, 0.15) is 12.4 Å². The van der Waals surface area contributed by atoms with E-state index in [4.69, 9.17) is 9.47 Å². The molecule has 33 heavy (non-hydrogen) atoms. The standard InChI is InChI=1S/C24H20F4N2O3/c1-2-32-22-12-16(9-10-21(22)33-15-17-5-3-8-20(25)11-17)14-29-30-23(31)18-6-4-7-19(13-18)24(26,27)28/h3-14H,2,15H2,1H3,(H,30,31)/b29-14-. The minimum absolute atomic E-state index is 0.137. The van der Waals surface area contributed by atoms with E-state index in [2.05, 4.69) is 10.5 Å². The van der Waals surface area contributed by atoms with Crippen molar-refractivity contribution in [3.63, 3.8) is 0 Å². The fourth-order valence-corrected chi connectivity index (χ4v) is 2.85. The summed E-state index contributed by atoms with van der Waals surface area (Å²) >= 11 is 0. The lowest BCUT2D eigenvalue weighted by Gasteiger charge is -2.12. The number of hydrogen-bond acceptors (Lipinski definition) is 4. The summed E-state index contributed by atoms with van der Waals surface area (Å²) in [4.78, 5) is 12.1. The number of halogens is 4. The lowest BCUT2D eigenvalue weighted by molar-refractivity contribution is -0.137. The number of ether oxygens (including phenoxy) is 2. The molecule has 3 rings (SSSR count). The normalized spacial score (nSPS) is 11.4. The van der Waals surface area contributed by atoms with Gasteiger partial charge < -0.3 is 9.47 Å². The molecule has 172 valence electrons. The zero-order valence-corrected chi connectivity index (χ0v) is 17.5. The molecule has 1 N–H and O–H groups in total. The van der Waals surface area contributed by atoms with Crippen LogP contribution in [-0.2, 0) is 12.8 Å². The molecule has 1 amide bonds. The molecule has 3 aromatic rings. The van der Waals surface area contributed by atoms with Crippen molar-refractivity contribution in [1.29, 1.82) is 0 Å². The number of carbonyl (C=O) groups is 1. The van der Waals surface area contributed by atoms with Gasteiger partial charge in [-0.1, -0.05) is 18.2 Å². The molecule has 0 unspecified atom stereocenters. The van der Waals surface area contributed by atoms with Crippen LogP contribution < -0.4 is 14.9 Å². The van der Waals surface area contributed by atoms with Crippen molar-refractivity contribution >= 4 is 12.1 Å². The molecule has 0 saturated carbocycles. The Balaban J connectivity index is 1.67. The first kappa shape index (κ1) is 23.8. The van der Waals surface area contributed by atoms with Crippen LogP contribution in [0.25, 0.3) is 0 Å². The number of hydrogen-bond donors (Lipinski definition) is 1. The maximum atomic E-state index is 13.3. The Hall–Kier alpha value is -3.88. The van der Waals surface area contributed by atoms with Crippen LogP contribution in [0.4, 0.5) is 17.6 Å². The fourth-order valence-electron chi connectivity index (χ4n) is 2.85.